The molecule has 3 heteroatoms. The fraction of sp³-hybridized carbons (Fsp3) is 0. The smallest absolute Gasteiger partial charge is 0.0656 e. The molecular weight excluding hydrogens is 316 g/mol. The Bertz CT molecular complexity index is 943. The molecule has 0 bridgehead atoms. The van der Waals surface area contributed by atoms with Gasteiger partial charge in [0, 0.05) is 16.8 Å². The van der Waals surface area contributed by atoms with Crippen molar-refractivity contribution in [2.24, 2.45) is 0 Å². The van der Waals surface area contributed by atoms with Crippen molar-refractivity contribution in [3.05, 3.63) is 90.1 Å². The summed E-state index contributed by atoms with van der Waals surface area (Å²) in [6.45, 7) is 0. The second-order valence-corrected chi connectivity index (χ2v) is 6.04. The summed E-state index contributed by atoms with van der Waals surface area (Å²) < 4.78 is 0. The molecule has 0 saturated heterocycles. The Kier molecular flexibility index (Phi) is 3.89. The first kappa shape index (κ1) is 14.7. The Hall–Kier alpha value is -2.84. The fourth-order valence-electron chi connectivity index (χ4n) is 2.86. The molecule has 0 radical (unpaired) electrons. The van der Waals surface area contributed by atoms with Crippen LogP contribution in [-0.4, -0.2) is 10.2 Å². The predicted octanol–water partition coefficient (Wildman–Crippen LogP) is 6.06. The van der Waals surface area contributed by atoms with Gasteiger partial charge in [0.05, 0.1) is 5.69 Å². The van der Waals surface area contributed by atoms with Gasteiger partial charge in [-0.3, -0.25) is 5.10 Å². The Morgan fingerprint density at radius 2 is 1.42 bits per heavy atom. The molecule has 0 aliphatic heterocycles. The van der Waals surface area contributed by atoms with Crippen molar-refractivity contribution < 1.29 is 0 Å². The van der Waals surface area contributed by atoms with Crippen LogP contribution in [0, 0.1) is 0 Å². The zero-order chi connectivity index (χ0) is 16.4. The summed E-state index contributed by atoms with van der Waals surface area (Å²) in [7, 11) is 0. The first-order chi connectivity index (χ1) is 11.8. The van der Waals surface area contributed by atoms with Crippen molar-refractivity contribution >= 4 is 11.6 Å². The van der Waals surface area contributed by atoms with E-state index in [1.54, 1.807) is 6.20 Å². The maximum absolute atomic E-state index is 6.05. The molecule has 4 rings (SSSR count). The van der Waals surface area contributed by atoms with E-state index in [1.165, 1.54) is 11.1 Å². The van der Waals surface area contributed by atoms with Gasteiger partial charge in [-0.25, -0.2) is 0 Å². The lowest BCUT2D eigenvalue weighted by Gasteiger charge is -2.12. The highest BCUT2D eigenvalue weighted by molar-refractivity contribution is 6.30. The molecule has 1 aromatic heterocycles. The van der Waals surface area contributed by atoms with Crippen molar-refractivity contribution in [1.29, 1.82) is 0 Å². The van der Waals surface area contributed by atoms with Gasteiger partial charge in [-0.1, -0.05) is 66.2 Å². The van der Waals surface area contributed by atoms with Gasteiger partial charge >= 0.3 is 0 Å². The predicted molar refractivity (Wildman–Crippen MR) is 99.9 cm³/mol. The van der Waals surface area contributed by atoms with Crippen LogP contribution in [0.15, 0.2) is 85.1 Å². The summed E-state index contributed by atoms with van der Waals surface area (Å²) in [6.07, 6.45) is 1.77. The number of benzene rings is 3. The average Bonchev–Trinajstić information content (AvgIpc) is 3.17. The third kappa shape index (κ3) is 2.84. The van der Waals surface area contributed by atoms with Gasteiger partial charge < -0.3 is 0 Å². The highest BCUT2D eigenvalue weighted by Crippen LogP contribution is 2.35. The molecule has 0 amide bonds. The molecule has 0 saturated carbocycles. The summed E-state index contributed by atoms with van der Waals surface area (Å²) in [5.41, 5.74) is 6.78. The van der Waals surface area contributed by atoms with Crippen LogP contribution < -0.4 is 0 Å². The summed E-state index contributed by atoms with van der Waals surface area (Å²) in [5.74, 6) is 0. The number of hydrogen-bond donors (Lipinski definition) is 1. The maximum Gasteiger partial charge on any atom is 0.0656 e. The van der Waals surface area contributed by atoms with Crippen molar-refractivity contribution in [3.8, 4) is 33.5 Å². The van der Waals surface area contributed by atoms with E-state index in [-0.39, 0.29) is 0 Å². The molecule has 0 aliphatic carbocycles. The molecule has 2 nitrogen and oxygen atoms in total. The number of aromatic nitrogens is 2. The molecule has 4 aromatic rings. The van der Waals surface area contributed by atoms with Crippen LogP contribution in [0.5, 0.6) is 0 Å². The Morgan fingerprint density at radius 1 is 0.667 bits per heavy atom. The van der Waals surface area contributed by atoms with Gasteiger partial charge in [-0.2, -0.15) is 5.10 Å². The van der Waals surface area contributed by atoms with Gasteiger partial charge in [0.25, 0.3) is 0 Å². The highest BCUT2D eigenvalue weighted by atomic mass is 35.5. The van der Waals surface area contributed by atoms with E-state index in [0.717, 1.165) is 27.4 Å². The Morgan fingerprint density at radius 3 is 2.12 bits per heavy atom. The van der Waals surface area contributed by atoms with Crippen LogP contribution in [-0.2, 0) is 0 Å². The van der Waals surface area contributed by atoms with Gasteiger partial charge in [0.1, 0.15) is 0 Å². The zero-order valence-corrected chi connectivity index (χ0v) is 13.7. The molecule has 0 aliphatic rings. The van der Waals surface area contributed by atoms with Crippen molar-refractivity contribution in [2.45, 2.75) is 0 Å². The van der Waals surface area contributed by atoms with Crippen molar-refractivity contribution in [3.63, 3.8) is 0 Å². The minimum atomic E-state index is 0.737. The third-order valence-electron chi connectivity index (χ3n) is 4.07. The van der Waals surface area contributed by atoms with Gasteiger partial charge in [-0.05, 0) is 46.5 Å². The number of halogens is 1. The van der Waals surface area contributed by atoms with Gasteiger partial charge in [-0.15, -0.1) is 0 Å². The van der Waals surface area contributed by atoms with Gasteiger partial charge in [0.15, 0.2) is 0 Å². The van der Waals surface area contributed by atoms with Crippen LogP contribution >= 0.6 is 11.6 Å². The van der Waals surface area contributed by atoms with Crippen LogP contribution in [0.2, 0.25) is 5.02 Å². The summed E-state index contributed by atoms with van der Waals surface area (Å²) >= 11 is 6.05. The molecule has 3 aromatic carbocycles. The van der Waals surface area contributed by atoms with Crippen molar-refractivity contribution in [1.82, 2.24) is 10.2 Å². The maximum atomic E-state index is 6.05. The van der Waals surface area contributed by atoms with Crippen LogP contribution in [0.3, 0.4) is 0 Å². The minimum absolute atomic E-state index is 0.737. The quantitative estimate of drug-likeness (QED) is 0.485. The summed E-state index contributed by atoms with van der Waals surface area (Å²) in [5, 5.41) is 7.88. The summed E-state index contributed by atoms with van der Waals surface area (Å²) in [6, 6.07) is 26.8. The number of hydrogen-bond acceptors (Lipinski definition) is 1. The lowest BCUT2D eigenvalue weighted by molar-refractivity contribution is 1.10. The Labute approximate surface area is 145 Å². The second-order valence-electron chi connectivity index (χ2n) is 5.60. The number of nitrogens with zero attached hydrogens (tertiary/aromatic N) is 1. The second kappa shape index (κ2) is 6.34. The normalized spacial score (nSPS) is 10.7. The van der Waals surface area contributed by atoms with E-state index < -0.39 is 0 Å². The van der Waals surface area contributed by atoms with Crippen LogP contribution in [0.4, 0.5) is 0 Å². The fourth-order valence-corrected chi connectivity index (χ4v) is 2.99. The van der Waals surface area contributed by atoms with E-state index in [1.807, 2.05) is 36.4 Å². The van der Waals surface area contributed by atoms with E-state index in [4.69, 9.17) is 11.6 Å². The molecule has 116 valence electrons. The number of H-pyrrole nitrogens is 1. The Balaban J connectivity index is 1.91. The number of rotatable bonds is 3. The first-order valence-corrected chi connectivity index (χ1v) is 8.14. The molecule has 0 spiro atoms. The molecule has 24 heavy (non-hydrogen) atoms. The SMILES string of the molecule is Clc1ccc(-c2cc(-c3ccccc3)ccc2-c2ccn[nH]2)cc1. The largest absolute Gasteiger partial charge is 0.278 e. The topological polar surface area (TPSA) is 28.7 Å². The van der Waals surface area contributed by atoms with Crippen LogP contribution in [0.25, 0.3) is 33.5 Å². The number of aromatic amines is 1. The van der Waals surface area contributed by atoms with Gasteiger partial charge in [0.2, 0.25) is 0 Å². The molecule has 1 heterocycles. The molecule has 0 atom stereocenters. The van der Waals surface area contributed by atoms with E-state index in [2.05, 4.69) is 52.7 Å². The lowest BCUT2D eigenvalue weighted by atomic mass is 9.93. The number of nitrogens with one attached hydrogen (secondary N) is 1. The van der Waals surface area contributed by atoms with Crippen LogP contribution in [0.1, 0.15) is 0 Å². The monoisotopic (exact) mass is 330 g/mol. The zero-order valence-electron chi connectivity index (χ0n) is 12.9. The first-order valence-electron chi connectivity index (χ1n) is 7.76. The standard InChI is InChI=1S/C21H15ClN2/c22-18-9-6-16(7-10-18)20-14-17(15-4-2-1-3-5-15)8-11-19(20)21-12-13-23-24-21/h1-14H,(H,23,24). The highest BCUT2D eigenvalue weighted by Gasteiger charge is 2.10. The average molecular weight is 331 g/mol. The summed E-state index contributed by atoms with van der Waals surface area (Å²) in [4.78, 5) is 0. The van der Waals surface area contributed by atoms with E-state index in [9.17, 15) is 0 Å². The molecule has 0 unspecified atom stereocenters. The molecule has 1 N–H and O–H groups in total. The third-order valence-corrected chi connectivity index (χ3v) is 4.32. The van der Waals surface area contributed by atoms with E-state index in [0.29, 0.717) is 0 Å². The van der Waals surface area contributed by atoms with Crippen molar-refractivity contribution in [2.75, 3.05) is 0 Å². The van der Waals surface area contributed by atoms with E-state index >= 15 is 0 Å². The molecular formula is C21H15ClN2. The minimum Gasteiger partial charge on any atom is -0.278 e. The molecule has 0 fully saturated rings. The lowest BCUT2D eigenvalue weighted by Crippen LogP contribution is -1.88.